The largest absolute Gasteiger partial charge is 0.492 e. The van der Waals surface area contributed by atoms with Gasteiger partial charge in [0.1, 0.15) is 5.75 Å². The molecule has 0 heterocycles. The Balaban J connectivity index is 2.89. The van der Waals surface area contributed by atoms with Crippen LogP contribution in [0.2, 0.25) is 0 Å². The van der Waals surface area contributed by atoms with Gasteiger partial charge in [0.25, 0.3) is 0 Å². The van der Waals surface area contributed by atoms with Crippen molar-refractivity contribution in [3.63, 3.8) is 0 Å². The van der Waals surface area contributed by atoms with Crippen LogP contribution < -0.4 is 4.74 Å². The maximum atomic E-state index is 11.2. The summed E-state index contributed by atoms with van der Waals surface area (Å²) in [6.07, 6.45) is 0. The zero-order chi connectivity index (χ0) is 11.3. The SMILES string of the molecule is COC(=O)c1ccc(Br)c(OCCBr)c1. The molecule has 0 radical (unpaired) electrons. The molecule has 15 heavy (non-hydrogen) atoms. The van der Waals surface area contributed by atoms with Crippen molar-refractivity contribution in [2.45, 2.75) is 0 Å². The van der Waals surface area contributed by atoms with Crippen LogP contribution in [0, 0.1) is 0 Å². The molecule has 0 aromatic heterocycles. The highest BCUT2D eigenvalue weighted by Crippen LogP contribution is 2.26. The molecule has 0 bridgehead atoms. The molecule has 1 aromatic rings. The lowest BCUT2D eigenvalue weighted by molar-refractivity contribution is 0.0600. The van der Waals surface area contributed by atoms with E-state index in [4.69, 9.17) is 4.74 Å². The highest BCUT2D eigenvalue weighted by atomic mass is 79.9. The fourth-order valence-corrected chi connectivity index (χ4v) is 1.53. The van der Waals surface area contributed by atoms with E-state index in [2.05, 4.69) is 36.6 Å². The van der Waals surface area contributed by atoms with Crippen molar-refractivity contribution >= 4 is 37.8 Å². The summed E-state index contributed by atoms with van der Waals surface area (Å²) in [6.45, 7) is 0.545. The number of halogens is 2. The zero-order valence-electron chi connectivity index (χ0n) is 8.13. The summed E-state index contributed by atoms with van der Waals surface area (Å²) < 4.78 is 10.9. The highest BCUT2D eigenvalue weighted by molar-refractivity contribution is 9.10. The van der Waals surface area contributed by atoms with Crippen LogP contribution in [0.25, 0.3) is 0 Å². The van der Waals surface area contributed by atoms with E-state index >= 15 is 0 Å². The molecule has 0 aliphatic heterocycles. The second kappa shape index (κ2) is 6.12. The molecule has 0 aliphatic carbocycles. The highest BCUT2D eigenvalue weighted by Gasteiger charge is 2.09. The summed E-state index contributed by atoms with van der Waals surface area (Å²) in [5, 5.41) is 0.738. The van der Waals surface area contributed by atoms with Gasteiger partial charge in [-0.1, -0.05) is 15.9 Å². The topological polar surface area (TPSA) is 35.5 Å². The van der Waals surface area contributed by atoms with E-state index < -0.39 is 0 Å². The minimum Gasteiger partial charge on any atom is -0.492 e. The van der Waals surface area contributed by atoms with E-state index in [1.807, 2.05) is 0 Å². The Morgan fingerprint density at radius 3 is 2.80 bits per heavy atom. The minimum absolute atomic E-state index is 0.369. The summed E-state index contributed by atoms with van der Waals surface area (Å²) in [5.74, 6) is 0.267. The first-order valence-electron chi connectivity index (χ1n) is 4.25. The van der Waals surface area contributed by atoms with Crippen molar-refractivity contribution in [2.24, 2.45) is 0 Å². The van der Waals surface area contributed by atoms with E-state index in [9.17, 15) is 4.79 Å². The molecule has 0 fully saturated rings. The second-order valence-corrected chi connectivity index (χ2v) is 4.32. The van der Waals surface area contributed by atoms with Gasteiger partial charge in [-0.05, 0) is 34.1 Å². The molecule has 1 aromatic carbocycles. The number of rotatable bonds is 4. The van der Waals surface area contributed by atoms with Crippen molar-refractivity contribution in [3.8, 4) is 5.75 Å². The van der Waals surface area contributed by atoms with Gasteiger partial charge >= 0.3 is 5.97 Å². The van der Waals surface area contributed by atoms with Gasteiger partial charge < -0.3 is 9.47 Å². The number of carbonyl (C=O) groups is 1. The van der Waals surface area contributed by atoms with Gasteiger partial charge in [0.15, 0.2) is 0 Å². The third-order valence-electron chi connectivity index (χ3n) is 1.69. The van der Waals surface area contributed by atoms with Crippen LogP contribution >= 0.6 is 31.9 Å². The molecule has 0 atom stereocenters. The first-order chi connectivity index (χ1) is 7.19. The van der Waals surface area contributed by atoms with Crippen LogP contribution in [-0.4, -0.2) is 25.0 Å². The van der Waals surface area contributed by atoms with Crippen LogP contribution in [0.3, 0.4) is 0 Å². The lowest BCUT2D eigenvalue weighted by atomic mass is 10.2. The minimum atomic E-state index is -0.369. The second-order valence-electron chi connectivity index (χ2n) is 2.67. The fraction of sp³-hybridized carbons (Fsp3) is 0.300. The number of ether oxygens (including phenoxy) is 2. The van der Waals surface area contributed by atoms with E-state index in [0.717, 1.165) is 9.80 Å². The van der Waals surface area contributed by atoms with Crippen LogP contribution in [0.4, 0.5) is 0 Å². The molecule has 0 aliphatic rings. The van der Waals surface area contributed by atoms with Gasteiger partial charge in [-0.2, -0.15) is 0 Å². The number of carbonyl (C=O) groups excluding carboxylic acids is 1. The summed E-state index contributed by atoms with van der Waals surface area (Å²) >= 11 is 6.60. The molecule has 0 N–H and O–H groups in total. The number of hydrogen-bond acceptors (Lipinski definition) is 3. The first kappa shape index (κ1) is 12.5. The van der Waals surface area contributed by atoms with Crippen LogP contribution in [0.1, 0.15) is 10.4 Å². The smallest absolute Gasteiger partial charge is 0.337 e. The molecule has 82 valence electrons. The average Bonchev–Trinajstić information content (AvgIpc) is 2.27. The summed E-state index contributed by atoms with van der Waals surface area (Å²) in [7, 11) is 1.35. The third-order valence-corrected chi connectivity index (χ3v) is 2.67. The maximum absolute atomic E-state index is 11.2. The zero-order valence-corrected chi connectivity index (χ0v) is 11.3. The van der Waals surface area contributed by atoms with Crippen molar-refractivity contribution in [3.05, 3.63) is 28.2 Å². The summed E-state index contributed by atoms with van der Waals surface area (Å²) in [5.41, 5.74) is 0.477. The van der Waals surface area contributed by atoms with Crippen molar-refractivity contribution in [1.82, 2.24) is 0 Å². The van der Waals surface area contributed by atoms with Gasteiger partial charge in [0.2, 0.25) is 0 Å². The van der Waals surface area contributed by atoms with E-state index in [-0.39, 0.29) is 5.97 Å². The predicted octanol–water partition coefficient (Wildman–Crippen LogP) is 3.01. The lowest BCUT2D eigenvalue weighted by Gasteiger charge is -2.07. The fourth-order valence-electron chi connectivity index (χ4n) is 1.01. The molecule has 0 amide bonds. The van der Waals surface area contributed by atoms with Crippen molar-refractivity contribution in [1.29, 1.82) is 0 Å². The number of esters is 1. The van der Waals surface area contributed by atoms with Crippen LogP contribution in [0.5, 0.6) is 5.75 Å². The van der Waals surface area contributed by atoms with Crippen LogP contribution in [-0.2, 0) is 4.74 Å². The Bertz CT molecular complexity index is 353. The van der Waals surface area contributed by atoms with Gasteiger partial charge in [-0.3, -0.25) is 0 Å². The molecule has 0 unspecified atom stereocenters. The Kier molecular flexibility index (Phi) is 5.11. The van der Waals surface area contributed by atoms with Crippen LogP contribution in [0.15, 0.2) is 22.7 Å². The molecule has 3 nitrogen and oxygen atoms in total. The van der Waals surface area contributed by atoms with Gasteiger partial charge in [-0.15, -0.1) is 0 Å². The molecule has 5 heteroatoms. The Labute approximate surface area is 105 Å². The third kappa shape index (κ3) is 3.50. The molecule has 0 saturated carbocycles. The van der Waals surface area contributed by atoms with E-state index in [1.165, 1.54) is 7.11 Å². The molecular weight excluding hydrogens is 328 g/mol. The monoisotopic (exact) mass is 336 g/mol. The quantitative estimate of drug-likeness (QED) is 0.626. The molecule has 0 saturated heterocycles. The van der Waals surface area contributed by atoms with E-state index in [1.54, 1.807) is 18.2 Å². The normalized spacial score (nSPS) is 9.80. The maximum Gasteiger partial charge on any atom is 0.337 e. The van der Waals surface area contributed by atoms with Gasteiger partial charge in [0.05, 0.1) is 23.8 Å². The standard InChI is InChI=1S/C10H10Br2O3/c1-14-10(13)7-2-3-8(12)9(6-7)15-5-4-11/h2-3,6H,4-5H2,1H3. The molecule has 0 spiro atoms. The number of methoxy groups -OCH3 is 1. The van der Waals surface area contributed by atoms with Crippen molar-refractivity contribution in [2.75, 3.05) is 19.0 Å². The Morgan fingerprint density at radius 1 is 1.47 bits per heavy atom. The molecular formula is C10H10Br2O3. The van der Waals surface area contributed by atoms with E-state index in [0.29, 0.717) is 17.9 Å². The van der Waals surface area contributed by atoms with Crippen molar-refractivity contribution < 1.29 is 14.3 Å². The molecule has 1 rings (SSSR count). The lowest BCUT2D eigenvalue weighted by Crippen LogP contribution is -2.03. The average molecular weight is 338 g/mol. The summed E-state index contributed by atoms with van der Waals surface area (Å²) in [4.78, 5) is 11.2. The number of hydrogen-bond donors (Lipinski definition) is 0. The number of benzene rings is 1. The Hall–Kier alpha value is -0.550. The predicted molar refractivity (Wildman–Crippen MR) is 64.8 cm³/mol. The number of alkyl halides is 1. The van der Waals surface area contributed by atoms with Gasteiger partial charge in [-0.25, -0.2) is 4.79 Å². The first-order valence-corrected chi connectivity index (χ1v) is 6.17. The summed E-state index contributed by atoms with van der Waals surface area (Å²) in [6, 6.07) is 5.09. The van der Waals surface area contributed by atoms with Gasteiger partial charge in [0, 0.05) is 5.33 Å². The Morgan fingerprint density at radius 2 is 2.20 bits per heavy atom.